The smallest absolute Gasteiger partial charge is 0.315 e. The van der Waals surface area contributed by atoms with Crippen LogP contribution >= 0.6 is 11.6 Å². The van der Waals surface area contributed by atoms with E-state index in [0.717, 1.165) is 5.56 Å². The molecule has 174 valence electrons. The SMILES string of the molecule is CC(NC(=O)NCC(C)(C)O)[C@@H](C)C(=O)N1CC[C@](O)(c2ccc(Cl)cc2)C(C)(C)C1. The highest BCUT2D eigenvalue weighted by Crippen LogP contribution is 2.46. The maximum atomic E-state index is 13.1. The van der Waals surface area contributed by atoms with Crippen LogP contribution < -0.4 is 10.6 Å². The Hall–Kier alpha value is -1.83. The Morgan fingerprint density at radius 3 is 2.32 bits per heavy atom. The van der Waals surface area contributed by atoms with Gasteiger partial charge in [-0.05, 0) is 44.9 Å². The average Bonchev–Trinajstić information content (AvgIpc) is 2.67. The lowest BCUT2D eigenvalue weighted by molar-refractivity contribution is -0.156. The number of hydrogen-bond acceptors (Lipinski definition) is 4. The molecule has 0 bridgehead atoms. The van der Waals surface area contributed by atoms with Crippen LogP contribution in [0.5, 0.6) is 0 Å². The summed E-state index contributed by atoms with van der Waals surface area (Å²) in [4.78, 5) is 27.0. The normalized spacial score (nSPS) is 23.1. The van der Waals surface area contributed by atoms with Gasteiger partial charge in [-0.25, -0.2) is 4.79 Å². The van der Waals surface area contributed by atoms with Crippen molar-refractivity contribution in [1.29, 1.82) is 0 Å². The summed E-state index contributed by atoms with van der Waals surface area (Å²) in [5, 5.41) is 27.2. The molecular weight excluding hydrogens is 418 g/mol. The number of nitrogens with zero attached hydrogens (tertiary/aromatic N) is 1. The van der Waals surface area contributed by atoms with Gasteiger partial charge in [0.25, 0.3) is 0 Å². The number of aliphatic hydroxyl groups is 2. The molecule has 1 fully saturated rings. The highest BCUT2D eigenvalue weighted by Gasteiger charge is 2.50. The van der Waals surface area contributed by atoms with E-state index in [1.54, 1.807) is 44.7 Å². The summed E-state index contributed by atoms with van der Waals surface area (Å²) in [6.45, 7) is 11.6. The summed E-state index contributed by atoms with van der Waals surface area (Å²) >= 11 is 5.99. The zero-order valence-electron chi connectivity index (χ0n) is 19.3. The number of piperidine rings is 1. The Morgan fingerprint density at radius 1 is 1.23 bits per heavy atom. The summed E-state index contributed by atoms with van der Waals surface area (Å²) in [7, 11) is 0. The second-order valence-corrected chi connectivity index (χ2v) is 10.4. The third-order valence-corrected chi connectivity index (χ3v) is 6.51. The number of carbonyl (C=O) groups excluding carboxylic acids is 2. The average molecular weight is 454 g/mol. The largest absolute Gasteiger partial charge is 0.389 e. The first-order chi connectivity index (χ1) is 14.2. The molecule has 1 aliphatic heterocycles. The molecule has 3 amide bonds. The van der Waals surface area contributed by atoms with Crippen LogP contribution in [0.4, 0.5) is 4.79 Å². The molecule has 2 rings (SSSR count). The number of likely N-dealkylation sites (tertiary alicyclic amines) is 1. The minimum atomic E-state index is -1.07. The lowest BCUT2D eigenvalue weighted by Gasteiger charge is -2.51. The highest BCUT2D eigenvalue weighted by atomic mass is 35.5. The third-order valence-electron chi connectivity index (χ3n) is 6.26. The first kappa shape index (κ1) is 25.4. The second kappa shape index (κ2) is 9.35. The second-order valence-electron chi connectivity index (χ2n) is 9.98. The Morgan fingerprint density at radius 2 is 1.81 bits per heavy atom. The van der Waals surface area contributed by atoms with Gasteiger partial charge in [0.2, 0.25) is 5.91 Å². The van der Waals surface area contributed by atoms with Gasteiger partial charge >= 0.3 is 6.03 Å². The number of hydrogen-bond donors (Lipinski definition) is 4. The van der Waals surface area contributed by atoms with Crippen LogP contribution in [0.15, 0.2) is 24.3 Å². The maximum Gasteiger partial charge on any atom is 0.315 e. The van der Waals surface area contributed by atoms with E-state index in [4.69, 9.17) is 11.6 Å². The van der Waals surface area contributed by atoms with E-state index in [-0.39, 0.29) is 12.5 Å². The highest BCUT2D eigenvalue weighted by molar-refractivity contribution is 6.30. The maximum absolute atomic E-state index is 13.1. The Bertz CT molecular complexity index is 791. The van der Waals surface area contributed by atoms with Crippen LogP contribution in [-0.2, 0) is 10.4 Å². The van der Waals surface area contributed by atoms with Crippen LogP contribution in [0.2, 0.25) is 5.02 Å². The predicted molar refractivity (Wildman–Crippen MR) is 122 cm³/mol. The van der Waals surface area contributed by atoms with E-state index in [2.05, 4.69) is 10.6 Å². The molecule has 4 N–H and O–H groups in total. The van der Waals surface area contributed by atoms with Gasteiger partial charge in [0.05, 0.1) is 17.1 Å². The molecule has 7 nitrogen and oxygen atoms in total. The number of carbonyl (C=O) groups is 2. The minimum Gasteiger partial charge on any atom is -0.389 e. The van der Waals surface area contributed by atoms with Crippen LogP contribution in [0, 0.1) is 11.3 Å². The van der Waals surface area contributed by atoms with Crippen molar-refractivity contribution in [3.05, 3.63) is 34.9 Å². The summed E-state index contributed by atoms with van der Waals surface area (Å²) in [5.41, 5.74) is -1.86. The van der Waals surface area contributed by atoms with E-state index >= 15 is 0 Å². The summed E-state index contributed by atoms with van der Waals surface area (Å²) < 4.78 is 0. The van der Waals surface area contributed by atoms with Gasteiger partial charge in [-0.3, -0.25) is 4.79 Å². The van der Waals surface area contributed by atoms with E-state index in [9.17, 15) is 19.8 Å². The molecule has 0 aromatic heterocycles. The zero-order chi connectivity index (χ0) is 23.6. The first-order valence-electron chi connectivity index (χ1n) is 10.7. The van der Waals surface area contributed by atoms with Crippen molar-refractivity contribution in [2.45, 2.75) is 65.2 Å². The first-order valence-corrected chi connectivity index (χ1v) is 11.1. The van der Waals surface area contributed by atoms with E-state index in [1.165, 1.54) is 0 Å². The predicted octanol–water partition coefficient (Wildman–Crippen LogP) is 2.88. The Labute approximate surface area is 190 Å². The summed E-state index contributed by atoms with van der Waals surface area (Å²) in [6.07, 6.45) is 0.411. The lowest BCUT2D eigenvalue weighted by Crippen LogP contribution is -2.58. The molecule has 1 aromatic rings. The van der Waals surface area contributed by atoms with Crippen LogP contribution in [0.3, 0.4) is 0 Å². The van der Waals surface area contributed by atoms with Gasteiger partial charge in [-0.1, -0.05) is 44.5 Å². The fourth-order valence-electron chi connectivity index (χ4n) is 3.95. The number of urea groups is 1. The van der Waals surface area contributed by atoms with Crippen molar-refractivity contribution < 1.29 is 19.8 Å². The van der Waals surface area contributed by atoms with Crippen molar-refractivity contribution in [3.8, 4) is 0 Å². The zero-order valence-corrected chi connectivity index (χ0v) is 20.1. The van der Waals surface area contributed by atoms with Gasteiger partial charge in [-0.15, -0.1) is 0 Å². The van der Waals surface area contributed by atoms with Gasteiger partial charge in [0.15, 0.2) is 0 Å². The molecule has 1 unspecified atom stereocenters. The van der Waals surface area contributed by atoms with Crippen LogP contribution in [0.1, 0.15) is 53.5 Å². The minimum absolute atomic E-state index is 0.0680. The molecule has 1 heterocycles. The number of rotatable bonds is 6. The monoisotopic (exact) mass is 453 g/mol. The number of benzene rings is 1. The van der Waals surface area contributed by atoms with Gasteiger partial charge < -0.3 is 25.7 Å². The molecular formula is C23H36ClN3O4. The van der Waals surface area contributed by atoms with Gasteiger partial charge in [0, 0.05) is 36.1 Å². The fraction of sp³-hybridized carbons (Fsp3) is 0.652. The van der Waals surface area contributed by atoms with E-state index in [1.807, 2.05) is 26.0 Å². The Kier molecular flexibility index (Phi) is 7.67. The topological polar surface area (TPSA) is 102 Å². The summed E-state index contributed by atoms with van der Waals surface area (Å²) in [6, 6.07) is 6.38. The number of nitrogens with one attached hydrogen (secondary N) is 2. The molecule has 0 saturated carbocycles. The summed E-state index contributed by atoms with van der Waals surface area (Å²) in [5.74, 6) is -0.507. The molecule has 0 spiro atoms. The van der Waals surface area contributed by atoms with Crippen LogP contribution in [0.25, 0.3) is 0 Å². The molecule has 8 heteroatoms. The molecule has 1 aliphatic rings. The molecule has 1 saturated heterocycles. The Balaban J connectivity index is 2.02. The van der Waals surface area contributed by atoms with E-state index in [0.29, 0.717) is 24.5 Å². The lowest BCUT2D eigenvalue weighted by atomic mass is 9.66. The van der Waals surface area contributed by atoms with Crippen molar-refractivity contribution >= 4 is 23.5 Å². The van der Waals surface area contributed by atoms with Crippen molar-refractivity contribution in [1.82, 2.24) is 15.5 Å². The number of amides is 3. The van der Waals surface area contributed by atoms with Gasteiger partial charge in [-0.2, -0.15) is 0 Å². The fourth-order valence-corrected chi connectivity index (χ4v) is 4.08. The molecule has 31 heavy (non-hydrogen) atoms. The van der Waals surface area contributed by atoms with Crippen molar-refractivity contribution in [2.75, 3.05) is 19.6 Å². The number of halogens is 1. The van der Waals surface area contributed by atoms with Crippen LogP contribution in [-0.4, -0.2) is 58.3 Å². The van der Waals surface area contributed by atoms with E-state index < -0.39 is 34.6 Å². The molecule has 3 atom stereocenters. The van der Waals surface area contributed by atoms with Crippen molar-refractivity contribution in [2.24, 2.45) is 11.3 Å². The molecule has 0 aliphatic carbocycles. The van der Waals surface area contributed by atoms with Gasteiger partial charge in [0.1, 0.15) is 0 Å². The van der Waals surface area contributed by atoms with Crippen molar-refractivity contribution in [3.63, 3.8) is 0 Å². The molecule has 0 radical (unpaired) electrons. The molecule has 1 aromatic carbocycles. The standard InChI is InChI=1S/C23H36ClN3O4/c1-15(16(2)26-20(29)25-13-22(5,6)30)19(28)27-12-11-23(31,21(3,4)14-27)17-7-9-18(24)10-8-17/h7-10,15-16,30-31H,11-14H2,1-6H3,(H2,25,26,29)/t15-,16?,23+/m1/s1. The third kappa shape index (κ3) is 6.11. The quantitative estimate of drug-likeness (QED) is 0.531.